The molecule has 0 bridgehead atoms. The van der Waals surface area contributed by atoms with Gasteiger partial charge in [-0.3, -0.25) is 0 Å². The van der Waals surface area contributed by atoms with E-state index in [2.05, 4.69) is 61.4 Å². The number of rotatable bonds is 2. The molecule has 0 spiro atoms. The molecule has 1 aliphatic heterocycles. The van der Waals surface area contributed by atoms with Gasteiger partial charge in [-0.15, -0.1) is 0 Å². The Morgan fingerprint density at radius 3 is 2.35 bits per heavy atom. The Bertz CT molecular complexity index is 430. The maximum atomic E-state index is 2.52. The van der Waals surface area contributed by atoms with Gasteiger partial charge < -0.3 is 0 Å². The predicted octanol–water partition coefficient (Wildman–Crippen LogP) is 4.10. The van der Waals surface area contributed by atoms with E-state index in [1.165, 1.54) is 37.7 Å². The van der Waals surface area contributed by atoms with Crippen molar-refractivity contribution in [1.29, 1.82) is 0 Å². The summed E-state index contributed by atoms with van der Waals surface area (Å²) in [6.45, 7) is 2.47. The summed E-state index contributed by atoms with van der Waals surface area (Å²) in [6.07, 6.45) is 7.00. The average molecular weight is 272 g/mol. The van der Waals surface area contributed by atoms with Gasteiger partial charge in [0.1, 0.15) is 0 Å². The molecule has 2 nitrogen and oxygen atoms in total. The van der Waals surface area contributed by atoms with Crippen LogP contribution in [-0.4, -0.2) is 30.2 Å². The lowest BCUT2D eigenvalue weighted by Gasteiger charge is -2.37. The highest BCUT2D eigenvalue weighted by Crippen LogP contribution is 2.43. The first-order valence-electron chi connectivity index (χ1n) is 8.19. The molecular weight excluding hydrogens is 244 g/mol. The number of hydrogen-bond acceptors (Lipinski definition) is 2. The third-order valence-corrected chi connectivity index (χ3v) is 5.75. The Hall–Kier alpha value is -0.860. The third kappa shape index (κ3) is 2.51. The molecule has 1 aliphatic carbocycles. The van der Waals surface area contributed by atoms with Gasteiger partial charge in [-0.1, -0.05) is 56.5 Å². The van der Waals surface area contributed by atoms with Crippen LogP contribution < -0.4 is 0 Å². The molecule has 0 N–H and O–H groups in total. The summed E-state index contributed by atoms with van der Waals surface area (Å²) in [5.74, 6) is 1.77. The fraction of sp³-hybridized carbons (Fsp3) is 0.667. The van der Waals surface area contributed by atoms with Crippen LogP contribution in [0.3, 0.4) is 0 Å². The van der Waals surface area contributed by atoms with E-state index in [-0.39, 0.29) is 0 Å². The summed E-state index contributed by atoms with van der Waals surface area (Å²) < 4.78 is 0. The molecule has 1 aromatic carbocycles. The van der Waals surface area contributed by atoms with Gasteiger partial charge in [-0.25, -0.2) is 10.0 Å². The summed E-state index contributed by atoms with van der Waals surface area (Å²) in [5, 5.41) is 4.98. The Morgan fingerprint density at radius 2 is 1.65 bits per heavy atom. The molecule has 4 atom stereocenters. The monoisotopic (exact) mass is 272 g/mol. The minimum Gasteiger partial charge on any atom is -0.241 e. The van der Waals surface area contributed by atoms with Crippen molar-refractivity contribution in [3.8, 4) is 0 Å². The SMILES string of the molecule is CC1CCCCC1C1CC(c2ccccc2)N(C)N1C. The molecule has 20 heavy (non-hydrogen) atoms. The van der Waals surface area contributed by atoms with E-state index < -0.39 is 0 Å². The molecule has 4 unspecified atom stereocenters. The van der Waals surface area contributed by atoms with Crippen molar-refractivity contribution in [2.45, 2.75) is 51.1 Å². The zero-order chi connectivity index (χ0) is 14.1. The standard InChI is InChI=1S/C18H28N2/c1-14-9-7-8-12-16(14)18-13-17(19(2)20(18)3)15-10-5-4-6-11-15/h4-6,10-11,14,16-18H,7-9,12-13H2,1-3H3. The summed E-state index contributed by atoms with van der Waals surface area (Å²) in [4.78, 5) is 0. The lowest BCUT2D eigenvalue weighted by molar-refractivity contribution is -0.00603. The topological polar surface area (TPSA) is 6.48 Å². The van der Waals surface area contributed by atoms with Gasteiger partial charge in [-0.2, -0.15) is 0 Å². The number of hydrazine groups is 1. The van der Waals surface area contributed by atoms with Crippen molar-refractivity contribution >= 4 is 0 Å². The van der Waals surface area contributed by atoms with Gasteiger partial charge in [0, 0.05) is 20.1 Å². The van der Waals surface area contributed by atoms with Gasteiger partial charge in [0.05, 0.1) is 6.04 Å². The summed E-state index contributed by atoms with van der Waals surface area (Å²) >= 11 is 0. The summed E-state index contributed by atoms with van der Waals surface area (Å²) in [6, 6.07) is 12.3. The highest BCUT2D eigenvalue weighted by atomic mass is 15.6. The summed E-state index contributed by atoms with van der Waals surface area (Å²) in [5.41, 5.74) is 1.47. The van der Waals surface area contributed by atoms with Crippen LogP contribution >= 0.6 is 0 Å². The van der Waals surface area contributed by atoms with Gasteiger partial charge in [-0.05, 0) is 30.2 Å². The second-order valence-electron chi connectivity index (χ2n) is 6.80. The molecule has 0 aromatic heterocycles. The highest BCUT2D eigenvalue weighted by molar-refractivity contribution is 5.20. The van der Waals surface area contributed by atoms with E-state index in [0.717, 1.165) is 17.9 Å². The van der Waals surface area contributed by atoms with Crippen LogP contribution in [-0.2, 0) is 0 Å². The fourth-order valence-corrected chi connectivity index (χ4v) is 4.38. The second kappa shape index (κ2) is 5.87. The van der Waals surface area contributed by atoms with Crippen LogP contribution in [0.15, 0.2) is 30.3 Å². The molecule has 1 aromatic rings. The normalized spacial score (nSPS) is 36.4. The van der Waals surface area contributed by atoms with Crippen molar-refractivity contribution in [3.05, 3.63) is 35.9 Å². The van der Waals surface area contributed by atoms with Gasteiger partial charge >= 0.3 is 0 Å². The largest absolute Gasteiger partial charge is 0.241 e. The fourth-order valence-electron chi connectivity index (χ4n) is 4.38. The maximum absolute atomic E-state index is 2.52. The van der Waals surface area contributed by atoms with E-state index >= 15 is 0 Å². The Morgan fingerprint density at radius 1 is 0.950 bits per heavy atom. The maximum Gasteiger partial charge on any atom is 0.0507 e. The van der Waals surface area contributed by atoms with Crippen LogP contribution in [0.4, 0.5) is 0 Å². The van der Waals surface area contributed by atoms with Crippen LogP contribution in [0.2, 0.25) is 0 Å². The van der Waals surface area contributed by atoms with E-state index in [1.54, 1.807) is 0 Å². The molecule has 2 heteroatoms. The van der Waals surface area contributed by atoms with Crippen molar-refractivity contribution in [1.82, 2.24) is 10.0 Å². The molecule has 3 rings (SSSR count). The van der Waals surface area contributed by atoms with Crippen molar-refractivity contribution in [2.75, 3.05) is 14.1 Å². The number of nitrogens with zero attached hydrogens (tertiary/aromatic N) is 2. The molecule has 0 radical (unpaired) electrons. The van der Waals surface area contributed by atoms with Crippen molar-refractivity contribution in [3.63, 3.8) is 0 Å². The molecule has 0 amide bonds. The first kappa shape index (κ1) is 14.1. The number of hydrogen-bond donors (Lipinski definition) is 0. The Balaban J connectivity index is 1.78. The van der Waals surface area contributed by atoms with Crippen LogP contribution in [0.25, 0.3) is 0 Å². The molecule has 2 fully saturated rings. The molecule has 1 saturated carbocycles. The molecule has 1 saturated heterocycles. The van der Waals surface area contributed by atoms with E-state index in [0.29, 0.717) is 6.04 Å². The van der Waals surface area contributed by atoms with Crippen molar-refractivity contribution < 1.29 is 0 Å². The number of benzene rings is 1. The van der Waals surface area contributed by atoms with E-state index in [9.17, 15) is 0 Å². The lowest BCUT2D eigenvalue weighted by Crippen LogP contribution is -2.42. The van der Waals surface area contributed by atoms with Crippen LogP contribution in [0.1, 0.15) is 50.6 Å². The van der Waals surface area contributed by atoms with Gasteiger partial charge in [0.2, 0.25) is 0 Å². The molecule has 1 heterocycles. The minimum atomic E-state index is 0.556. The molecule has 110 valence electrons. The zero-order valence-electron chi connectivity index (χ0n) is 13.1. The van der Waals surface area contributed by atoms with Gasteiger partial charge in [0.15, 0.2) is 0 Å². The third-order valence-electron chi connectivity index (χ3n) is 5.75. The predicted molar refractivity (Wildman–Crippen MR) is 84.2 cm³/mol. The van der Waals surface area contributed by atoms with E-state index in [1.807, 2.05) is 0 Å². The molecular formula is C18H28N2. The van der Waals surface area contributed by atoms with Crippen molar-refractivity contribution in [2.24, 2.45) is 11.8 Å². The zero-order valence-corrected chi connectivity index (χ0v) is 13.1. The van der Waals surface area contributed by atoms with E-state index in [4.69, 9.17) is 0 Å². The smallest absolute Gasteiger partial charge is 0.0507 e. The van der Waals surface area contributed by atoms with Gasteiger partial charge in [0.25, 0.3) is 0 Å². The Kier molecular flexibility index (Phi) is 4.13. The quantitative estimate of drug-likeness (QED) is 0.799. The Labute approximate surface area is 123 Å². The lowest BCUT2D eigenvalue weighted by atomic mass is 9.75. The average Bonchev–Trinajstić information content (AvgIpc) is 2.77. The first-order valence-corrected chi connectivity index (χ1v) is 8.19. The van der Waals surface area contributed by atoms with Crippen LogP contribution in [0.5, 0.6) is 0 Å². The highest BCUT2D eigenvalue weighted by Gasteiger charge is 2.41. The summed E-state index contributed by atoms with van der Waals surface area (Å²) in [7, 11) is 4.54. The first-order chi connectivity index (χ1) is 9.68. The van der Waals surface area contributed by atoms with Crippen LogP contribution in [0, 0.1) is 11.8 Å². The molecule has 2 aliphatic rings. The minimum absolute atomic E-state index is 0.556. The second-order valence-corrected chi connectivity index (χ2v) is 6.80.